The Kier molecular flexibility index (Phi) is 3.26. The Hall–Kier alpha value is -1.44. The van der Waals surface area contributed by atoms with Gasteiger partial charge in [0, 0.05) is 10.8 Å². The zero-order valence-corrected chi connectivity index (χ0v) is 11.9. The van der Waals surface area contributed by atoms with Crippen LogP contribution in [0.1, 0.15) is 6.92 Å². The smallest absolute Gasteiger partial charge is 0.137 e. The lowest BCUT2D eigenvalue weighted by molar-refractivity contribution is 0.348. The second-order valence-electron chi connectivity index (χ2n) is 4.31. The van der Waals surface area contributed by atoms with Crippen molar-refractivity contribution in [2.24, 2.45) is 0 Å². The molecule has 0 saturated heterocycles. The standard InChI is InChI=1S/C16H12Cl2O/c1-2-19-16-14-10(5-3-7-12(14)17)9-11-6-4-8-13(18)15(11)16/h3-9H,2H2,1H3. The summed E-state index contributed by atoms with van der Waals surface area (Å²) in [7, 11) is 0. The second kappa shape index (κ2) is 4.92. The van der Waals surface area contributed by atoms with Crippen molar-refractivity contribution in [2.45, 2.75) is 6.92 Å². The van der Waals surface area contributed by atoms with Crippen molar-refractivity contribution < 1.29 is 4.74 Å². The number of halogens is 2. The first-order chi connectivity index (χ1) is 9.22. The van der Waals surface area contributed by atoms with Crippen molar-refractivity contribution in [3.63, 3.8) is 0 Å². The first-order valence-corrected chi connectivity index (χ1v) is 6.90. The molecule has 3 aromatic carbocycles. The molecule has 3 rings (SSSR count). The van der Waals surface area contributed by atoms with Gasteiger partial charge in [-0.05, 0) is 35.9 Å². The quantitative estimate of drug-likeness (QED) is 0.550. The van der Waals surface area contributed by atoms with Crippen LogP contribution >= 0.6 is 23.2 Å². The maximum atomic E-state index is 6.33. The van der Waals surface area contributed by atoms with E-state index in [9.17, 15) is 0 Å². The zero-order valence-electron chi connectivity index (χ0n) is 10.4. The van der Waals surface area contributed by atoms with E-state index < -0.39 is 0 Å². The number of hydrogen-bond donors (Lipinski definition) is 0. The number of benzene rings is 3. The highest BCUT2D eigenvalue weighted by Crippen LogP contribution is 2.41. The molecule has 0 unspecified atom stereocenters. The van der Waals surface area contributed by atoms with Crippen molar-refractivity contribution in [3.8, 4) is 5.75 Å². The van der Waals surface area contributed by atoms with Crippen LogP contribution in [0.2, 0.25) is 10.0 Å². The molecular formula is C16H12Cl2O. The third-order valence-electron chi connectivity index (χ3n) is 3.15. The van der Waals surface area contributed by atoms with Crippen molar-refractivity contribution in [3.05, 3.63) is 52.5 Å². The van der Waals surface area contributed by atoms with E-state index in [2.05, 4.69) is 6.07 Å². The van der Waals surface area contributed by atoms with Gasteiger partial charge in [0.25, 0.3) is 0 Å². The van der Waals surface area contributed by atoms with Gasteiger partial charge in [0.1, 0.15) is 5.75 Å². The van der Waals surface area contributed by atoms with E-state index in [0.717, 1.165) is 27.3 Å². The van der Waals surface area contributed by atoms with E-state index in [1.54, 1.807) is 0 Å². The highest BCUT2D eigenvalue weighted by atomic mass is 35.5. The molecule has 0 heterocycles. The van der Waals surface area contributed by atoms with Crippen LogP contribution in [-0.4, -0.2) is 6.61 Å². The first-order valence-electron chi connectivity index (χ1n) is 6.14. The van der Waals surface area contributed by atoms with Crippen molar-refractivity contribution >= 4 is 44.7 Å². The average molecular weight is 291 g/mol. The van der Waals surface area contributed by atoms with Crippen LogP contribution in [0.5, 0.6) is 5.75 Å². The SMILES string of the molecule is CCOc1c2c(Cl)cccc2cc2cccc(Cl)c12. The lowest BCUT2D eigenvalue weighted by Crippen LogP contribution is -1.95. The highest BCUT2D eigenvalue weighted by molar-refractivity contribution is 6.39. The lowest BCUT2D eigenvalue weighted by Gasteiger charge is -2.14. The molecule has 0 aliphatic rings. The fraction of sp³-hybridized carbons (Fsp3) is 0.125. The van der Waals surface area contributed by atoms with Gasteiger partial charge in [-0.3, -0.25) is 0 Å². The summed E-state index contributed by atoms with van der Waals surface area (Å²) in [5.41, 5.74) is 0. The first kappa shape index (κ1) is 12.6. The van der Waals surface area contributed by atoms with Gasteiger partial charge >= 0.3 is 0 Å². The van der Waals surface area contributed by atoms with Crippen LogP contribution in [0.3, 0.4) is 0 Å². The number of rotatable bonds is 2. The molecule has 0 aliphatic heterocycles. The molecule has 0 fully saturated rings. The number of ether oxygens (including phenoxy) is 1. The van der Waals surface area contributed by atoms with Crippen molar-refractivity contribution in [1.82, 2.24) is 0 Å². The molecule has 0 aliphatic carbocycles. The van der Waals surface area contributed by atoms with E-state index in [1.165, 1.54) is 0 Å². The molecule has 19 heavy (non-hydrogen) atoms. The Morgan fingerprint density at radius 1 is 0.895 bits per heavy atom. The maximum Gasteiger partial charge on any atom is 0.137 e. The number of hydrogen-bond acceptors (Lipinski definition) is 1. The van der Waals surface area contributed by atoms with Crippen LogP contribution in [0, 0.1) is 0 Å². The molecule has 0 atom stereocenters. The Morgan fingerprint density at radius 2 is 1.42 bits per heavy atom. The summed E-state index contributed by atoms with van der Waals surface area (Å²) in [6.07, 6.45) is 0. The summed E-state index contributed by atoms with van der Waals surface area (Å²) in [5.74, 6) is 0.770. The Balaban J connectivity index is 2.56. The zero-order chi connectivity index (χ0) is 13.4. The van der Waals surface area contributed by atoms with Gasteiger partial charge in [0.15, 0.2) is 0 Å². The Bertz CT molecular complexity index is 705. The van der Waals surface area contributed by atoms with E-state index in [4.69, 9.17) is 27.9 Å². The highest BCUT2D eigenvalue weighted by Gasteiger charge is 2.13. The second-order valence-corrected chi connectivity index (χ2v) is 5.13. The third kappa shape index (κ3) is 2.03. The fourth-order valence-electron chi connectivity index (χ4n) is 2.38. The molecule has 3 heteroatoms. The van der Waals surface area contributed by atoms with Gasteiger partial charge in [0.2, 0.25) is 0 Å². The van der Waals surface area contributed by atoms with Crippen LogP contribution in [-0.2, 0) is 0 Å². The minimum atomic E-state index is 0.574. The molecule has 3 aromatic rings. The van der Waals surface area contributed by atoms with E-state index in [1.807, 2.05) is 43.3 Å². The van der Waals surface area contributed by atoms with E-state index in [0.29, 0.717) is 16.7 Å². The molecule has 0 bridgehead atoms. The molecule has 0 aromatic heterocycles. The average Bonchev–Trinajstić information content (AvgIpc) is 2.38. The minimum Gasteiger partial charge on any atom is -0.492 e. The van der Waals surface area contributed by atoms with E-state index >= 15 is 0 Å². The molecule has 0 amide bonds. The molecule has 0 spiro atoms. The van der Waals surface area contributed by atoms with Gasteiger partial charge in [-0.15, -0.1) is 0 Å². The van der Waals surface area contributed by atoms with Crippen LogP contribution < -0.4 is 4.74 Å². The molecule has 96 valence electrons. The summed E-state index contributed by atoms with van der Waals surface area (Å²) in [5, 5.41) is 5.33. The summed E-state index contributed by atoms with van der Waals surface area (Å²) >= 11 is 12.7. The normalized spacial score (nSPS) is 11.1. The molecule has 0 radical (unpaired) electrons. The maximum absolute atomic E-state index is 6.33. The molecule has 1 nitrogen and oxygen atoms in total. The Labute approximate surface area is 121 Å². The van der Waals surface area contributed by atoms with Gasteiger partial charge in [-0.2, -0.15) is 0 Å². The van der Waals surface area contributed by atoms with Gasteiger partial charge in [-0.1, -0.05) is 47.5 Å². The minimum absolute atomic E-state index is 0.574. The summed E-state index contributed by atoms with van der Waals surface area (Å²) < 4.78 is 5.83. The summed E-state index contributed by atoms with van der Waals surface area (Å²) in [4.78, 5) is 0. The molecule has 0 N–H and O–H groups in total. The van der Waals surface area contributed by atoms with Crippen LogP contribution in [0.4, 0.5) is 0 Å². The van der Waals surface area contributed by atoms with Crippen LogP contribution in [0.25, 0.3) is 21.5 Å². The van der Waals surface area contributed by atoms with Crippen molar-refractivity contribution in [1.29, 1.82) is 0 Å². The Morgan fingerprint density at radius 3 is 1.89 bits per heavy atom. The monoisotopic (exact) mass is 290 g/mol. The summed E-state index contributed by atoms with van der Waals surface area (Å²) in [6.45, 7) is 2.53. The molecule has 0 saturated carbocycles. The predicted octanol–water partition coefficient (Wildman–Crippen LogP) is 5.70. The molecular weight excluding hydrogens is 279 g/mol. The summed E-state index contributed by atoms with van der Waals surface area (Å²) in [6, 6.07) is 13.8. The van der Waals surface area contributed by atoms with Gasteiger partial charge in [0.05, 0.1) is 16.7 Å². The van der Waals surface area contributed by atoms with E-state index in [-0.39, 0.29) is 0 Å². The van der Waals surface area contributed by atoms with Gasteiger partial charge < -0.3 is 4.74 Å². The van der Waals surface area contributed by atoms with Gasteiger partial charge in [-0.25, -0.2) is 0 Å². The topological polar surface area (TPSA) is 9.23 Å². The third-order valence-corrected chi connectivity index (χ3v) is 3.78. The number of fused-ring (bicyclic) bond motifs is 2. The fourth-order valence-corrected chi connectivity index (χ4v) is 2.92. The lowest BCUT2D eigenvalue weighted by atomic mass is 10.0. The van der Waals surface area contributed by atoms with Crippen LogP contribution in [0.15, 0.2) is 42.5 Å². The predicted molar refractivity (Wildman–Crippen MR) is 82.6 cm³/mol. The van der Waals surface area contributed by atoms with Crippen molar-refractivity contribution in [2.75, 3.05) is 6.61 Å². The largest absolute Gasteiger partial charge is 0.492 e.